The number of carbonyl (C=O) groups excluding carboxylic acids is 2. The molecule has 0 fully saturated rings. The number of phenolic OH excluding ortho intramolecular Hbond substituents is 1. The third kappa shape index (κ3) is 5.05. The fourth-order valence-electron chi connectivity index (χ4n) is 1.30. The van der Waals surface area contributed by atoms with Crippen molar-refractivity contribution in [1.82, 2.24) is 10.6 Å². The normalized spacial score (nSPS) is 9.83. The molecule has 0 saturated heterocycles. The van der Waals surface area contributed by atoms with E-state index in [1.54, 1.807) is 12.1 Å². The van der Waals surface area contributed by atoms with E-state index < -0.39 is 0 Å². The second-order valence-electron chi connectivity index (χ2n) is 3.60. The Balaban J connectivity index is 2.27. The Kier molecular flexibility index (Phi) is 6.00. The maximum absolute atomic E-state index is 11.6. The van der Waals surface area contributed by atoms with Crippen LogP contribution in [-0.2, 0) is 4.79 Å². The number of hydrogen-bond donors (Lipinski definition) is 3. The van der Waals surface area contributed by atoms with Gasteiger partial charge in [-0.2, -0.15) is 0 Å². The molecule has 0 spiro atoms. The van der Waals surface area contributed by atoms with E-state index in [4.69, 9.17) is 11.6 Å². The zero-order valence-corrected chi connectivity index (χ0v) is 10.5. The lowest BCUT2D eigenvalue weighted by molar-refractivity contribution is -0.120. The third-order valence-electron chi connectivity index (χ3n) is 2.16. The zero-order chi connectivity index (χ0) is 13.4. The molecule has 0 aliphatic heterocycles. The summed E-state index contributed by atoms with van der Waals surface area (Å²) in [6, 6.07) is 6.05. The number of phenols is 1. The van der Waals surface area contributed by atoms with E-state index in [-0.39, 0.29) is 29.9 Å². The Morgan fingerprint density at radius 1 is 1.22 bits per heavy atom. The molecule has 0 aliphatic rings. The minimum atomic E-state index is -0.294. The monoisotopic (exact) mass is 270 g/mol. The van der Waals surface area contributed by atoms with Crippen molar-refractivity contribution in [3.8, 4) is 5.75 Å². The summed E-state index contributed by atoms with van der Waals surface area (Å²) in [6.07, 6.45) is 0.266. The summed E-state index contributed by atoms with van der Waals surface area (Å²) in [5, 5.41) is 14.5. The van der Waals surface area contributed by atoms with Gasteiger partial charge in [-0.15, -0.1) is 11.6 Å². The minimum absolute atomic E-state index is 0.0399. The van der Waals surface area contributed by atoms with Gasteiger partial charge in [-0.05, 0) is 18.2 Å². The van der Waals surface area contributed by atoms with E-state index in [1.807, 2.05) is 0 Å². The topological polar surface area (TPSA) is 78.4 Å². The lowest BCUT2D eigenvalue weighted by atomic mass is 10.2. The largest absolute Gasteiger partial charge is 0.508 e. The van der Waals surface area contributed by atoms with E-state index in [0.717, 1.165) is 0 Å². The SMILES string of the molecule is O=C(CCCl)NCCNC(=O)c1cccc(O)c1. The van der Waals surface area contributed by atoms with Gasteiger partial charge in [0.25, 0.3) is 5.91 Å². The Morgan fingerprint density at radius 3 is 2.61 bits per heavy atom. The second kappa shape index (κ2) is 7.55. The molecular weight excluding hydrogens is 256 g/mol. The summed E-state index contributed by atoms with van der Waals surface area (Å²) in [4.78, 5) is 22.7. The number of halogens is 1. The van der Waals surface area contributed by atoms with Crippen LogP contribution in [0.1, 0.15) is 16.8 Å². The molecule has 5 nitrogen and oxygen atoms in total. The van der Waals surface area contributed by atoms with Crippen LogP contribution in [0.2, 0.25) is 0 Å². The van der Waals surface area contributed by atoms with Crippen molar-refractivity contribution >= 4 is 23.4 Å². The van der Waals surface area contributed by atoms with Crippen molar-refractivity contribution < 1.29 is 14.7 Å². The molecule has 1 aromatic rings. The lowest BCUT2D eigenvalue weighted by Crippen LogP contribution is -2.34. The number of nitrogens with one attached hydrogen (secondary N) is 2. The molecule has 0 unspecified atom stereocenters. The quantitative estimate of drug-likeness (QED) is 0.530. The van der Waals surface area contributed by atoms with Crippen LogP contribution in [0.5, 0.6) is 5.75 Å². The Morgan fingerprint density at radius 2 is 1.94 bits per heavy atom. The van der Waals surface area contributed by atoms with Gasteiger partial charge in [0.05, 0.1) is 0 Å². The summed E-state index contributed by atoms with van der Waals surface area (Å²) in [7, 11) is 0. The van der Waals surface area contributed by atoms with Gasteiger partial charge in [0, 0.05) is 31.0 Å². The molecule has 0 saturated carbocycles. The highest BCUT2D eigenvalue weighted by molar-refractivity contribution is 6.18. The van der Waals surface area contributed by atoms with Crippen molar-refractivity contribution in [1.29, 1.82) is 0 Å². The zero-order valence-electron chi connectivity index (χ0n) is 9.78. The molecule has 18 heavy (non-hydrogen) atoms. The van der Waals surface area contributed by atoms with E-state index in [2.05, 4.69) is 10.6 Å². The van der Waals surface area contributed by atoms with Gasteiger partial charge in [-0.3, -0.25) is 9.59 Å². The smallest absolute Gasteiger partial charge is 0.251 e. The first-order valence-electron chi connectivity index (χ1n) is 5.53. The van der Waals surface area contributed by atoms with E-state index >= 15 is 0 Å². The number of aromatic hydroxyl groups is 1. The Labute approximate surface area is 110 Å². The summed E-state index contributed by atoms with van der Waals surface area (Å²) in [5.41, 5.74) is 0.377. The minimum Gasteiger partial charge on any atom is -0.508 e. The molecule has 0 aliphatic carbocycles. The second-order valence-corrected chi connectivity index (χ2v) is 3.97. The predicted molar refractivity (Wildman–Crippen MR) is 68.8 cm³/mol. The Bertz CT molecular complexity index is 424. The standard InChI is InChI=1S/C12H15ClN2O3/c13-5-4-11(17)14-6-7-15-12(18)9-2-1-3-10(16)8-9/h1-3,8,16H,4-7H2,(H,14,17)(H,15,18). The van der Waals surface area contributed by atoms with E-state index in [0.29, 0.717) is 18.7 Å². The maximum Gasteiger partial charge on any atom is 0.251 e. The average Bonchev–Trinajstić information content (AvgIpc) is 2.35. The van der Waals surface area contributed by atoms with Crippen LogP contribution in [0.3, 0.4) is 0 Å². The summed E-state index contributed by atoms with van der Waals surface area (Å²) >= 11 is 5.40. The van der Waals surface area contributed by atoms with Crippen LogP contribution in [0, 0.1) is 0 Å². The average molecular weight is 271 g/mol. The van der Waals surface area contributed by atoms with E-state index in [1.165, 1.54) is 12.1 Å². The number of alkyl halides is 1. The third-order valence-corrected chi connectivity index (χ3v) is 2.35. The molecule has 0 bridgehead atoms. The molecule has 3 N–H and O–H groups in total. The first-order valence-corrected chi connectivity index (χ1v) is 6.07. The van der Waals surface area contributed by atoms with Gasteiger partial charge in [-0.1, -0.05) is 6.07 Å². The van der Waals surface area contributed by atoms with Crippen LogP contribution in [-0.4, -0.2) is 35.9 Å². The van der Waals surface area contributed by atoms with Gasteiger partial charge in [0.1, 0.15) is 5.75 Å². The van der Waals surface area contributed by atoms with Gasteiger partial charge >= 0.3 is 0 Å². The maximum atomic E-state index is 11.6. The van der Waals surface area contributed by atoms with Gasteiger partial charge < -0.3 is 15.7 Å². The molecular formula is C12H15ClN2O3. The summed E-state index contributed by atoms with van der Waals surface area (Å²) in [5.74, 6) is -0.117. The summed E-state index contributed by atoms with van der Waals surface area (Å²) < 4.78 is 0. The fourth-order valence-corrected chi connectivity index (χ4v) is 1.47. The van der Waals surface area contributed by atoms with Crippen molar-refractivity contribution in [3.05, 3.63) is 29.8 Å². The van der Waals surface area contributed by atoms with Crippen LogP contribution in [0.15, 0.2) is 24.3 Å². The van der Waals surface area contributed by atoms with Crippen LogP contribution in [0.4, 0.5) is 0 Å². The number of hydrogen-bond acceptors (Lipinski definition) is 3. The van der Waals surface area contributed by atoms with Crippen molar-refractivity contribution in [2.45, 2.75) is 6.42 Å². The molecule has 98 valence electrons. The first-order chi connectivity index (χ1) is 8.63. The highest BCUT2D eigenvalue weighted by Crippen LogP contribution is 2.10. The summed E-state index contributed by atoms with van der Waals surface area (Å²) in [6.45, 7) is 0.669. The molecule has 6 heteroatoms. The Hall–Kier alpha value is -1.75. The molecule has 1 aromatic carbocycles. The van der Waals surface area contributed by atoms with Gasteiger partial charge in [-0.25, -0.2) is 0 Å². The molecule has 0 radical (unpaired) electrons. The van der Waals surface area contributed by atoms with E-state index in [9.17, 15) is 14.7 Å². The predicted octanol–water partition coefficient (Wildman–Crippen LogP) is 0.867. The number of rotatable bonds is 6. The van der Waals surface area contributed by atoms with Gasteiger partial charge in [0.2, 0.25) is 5.91 Å². The number of amides is 2. The van der Waals surface area contributed by atoms with Crippen molar-refractivity contribution in [2.24, 2.45) is 0 Å². The molecule has 0 heterocycles. The molecule has 1 rings (SSSR count). The molecule has 0 atom stereocenters. The van der Waals surface area contributed by atoms with Crippen molar-refractivity contribution in [2.75, 3.05) is 19.0 Å². The van der Waals surface area contributed by atoms with Crippen LogP contribution >= 0.6 is 11.6 Å². The highest BCUT2D eigenvalue weighted by atomic mass is 35.5. The lowest BCUT2D eigenvalue weighted by Gasteiger charge is -2.06. The highest BCUT2D eigenvalue weighted by Gasteiger charge is 2.05. The first kappa shape index (κ1) is 14.3. The van der Waals surface area contributed by atoms with Crippen LogP contribution < -0.4 is 10.6 Å². The number of benzene rings is 1. The fraction of sp³-hybridized carbons (Fsp3) is 0.333. The number of carbonyl (C=O) groups is 2. The molecule has 2 amide bonds. The molecule has 0 aromatic heterocycles. The van der Waals surface area contributed by atoms with Crippen LogP contribution in [0.25, 0.3) is 0 Å². The van der Waals surface area contributed by atoms with Crippen molar-refractivity contribution in [3.63, 3.8) is 0 Å². The van der Waals surface area contributed by atoms with Gasteiger partial charge in [0.15, 0.2) is 0 Å².